The van der Waals surface area contributed by atoms with E-state index >= 15 is 0 Å². The lowest BCUT2D eigenvalue weighted by molar-refractivity contribution is 0.0450. The predicted octanol–water partition coefficient (Wildman–Crippen LogP) is 3.96. The van der Waals surface area contributed by atoms with Crippen LogP contribution in [0.1, 0.15) is 31.1 Å². The highest BCUT2D eigenvalue weighted by atomic mass is 16.7. The van der Waals surface area contributed by atoms with Crippen molar-refractivity contribution >= 4 is 6.08 Å². The minimum Gasteiger partial charge on any atom is -0.493 e. The molecule has 0 unspecified atom stereocenters. The number of hydrogen-bond donors (Lipinski definition) is 1. The molecular weight excluding hydrogens is 320 g/mol. The number of aliphatic hydroxyl groups excluding tert-OH is 1. The number of methoxy groups -OCH3 is 1. The van der Waals surface area contributed by atoms with Gasteiger partial charge in [-0.25, -0.2) is 0 Å². The average molecular weight is 342 g/mol. The van der Waals surface area contributed by atoms with Gasteiger partial charge in [-0.15, -0.1) is 0 Å². The van der Waals surface area contributed by atoms with Gasteiger partial charge in [0.2, 0.25) is 6.79 Å². The van der Waals surface area contributed by atoms with Crippen molar-refractivity contribution in [3.63, 3.8) is 0 Å². The molecule has 0 aromatic heterocycles. The Labute approximate surface area is 147 Å². The van der Waals surface area contributed by atoms with Crippen molar-refractivity contribution in [3.05, 3.63) is 53.6 Å². The van der Waals surface area contributed by atoms with Crippen molar-refractivity contribution < 1.29 is 24.1 Å². The second kappa shape index (κ2) is 7.49. The molecule has 0 amide bonds. The van der Waals surface area contributed by atoms with Crippen molar-refractivity contribution in [2.24, 2.45) is 0 Å². The first-order valence-corrected chi connectivity index (χ1v) is 8.17. The molecule has 0 radical (unpaired) electrons. The fourth-order valence-corrected chi connectivity index (χ4v) is 2.71. The summed E-state index contributed by atoms with van der Waals surface area (Å²) in [5.41, 5.74) is 1.73. The predicted molar refractivity (Wildman–Crippen MR) is 95.3 cm³/mol. The molecule has 0 saturated heterocycles. The molecule has 1 N–H and O–H groups in total. The Hall–Kier alpha value is -2.66. The molecule has 25 heavy (non-hydrogen) atoms. The molecule has 0 fully saturated rings. The molecule has 2 aromatic rings. The van der Waals surface area contributed by atoms with E-state index in [1.54, 1.807) is 19.2 Å². The Morgan fingerprint density at radius 2 is 1.88 bits per heavy atom. The molecule has 0 bridgehead atoms. The summed E-state index contributed by atoms with van der Waals surface area (Å²) in [6.07, 6.45) is 2.66. The van der Waals surface area contributed by atoms with Crippen molar-refractivity contribution in [3.8, 4) is 23.0 Å². The zero-order valence-electron chi connectivity index (χ0n) is 14.6. The number of hydrogen-bond acceptors (Lipinski definition) is 5. The Balaban J connectivity index is 1.76. The molecule has 1 aliphatic rings. The van der Waals surface area contributed by atoms with Crippen molar-refractivity contribution in [2.45, 2.75) is 26.1 Å². The first-order chi connectivity index (χ1) is 12.1. The van der Waals surface area contributed by atoms with E-state index in [1.807, 2.05) is 50.3 Å². The summed E-state index contributed by atoms with van der Waals surface area (Å²) >= 11 is 0. The van der Waals surface area contributed by atoms with Gasteiger partial charge in [0.25, 0.3) is 0 Å². The molecule has 0 aliphatic carbocycles. The van der Waals surface area contributed by atoms with Crippen molar-refractivity contribution in [1.82, 2.24) is 0 Å². The standard InChI is InChI=1S/C20H22O5/c1-4-5-14-6-8-17(18(10-14)22-3)25-13(2)20(21)15-7-9-16-19(11-15)24-12-23-16/h4-11,13,20-21H,12H2,1-3H3/b5-4+/t13-,20+/m1/s1. The van der Waals surface area contributed by atoms with Crippen LogP contribution in [0.15, 0.2) is 42.5 Å². The maximum absolute atomic E-state index is 10.6. The van der Waals surface area contributed by atoms with Crippen LogP contribution in [0, 0.1) is 0 Å². The molecule has 0 saturated carbocycles. The summed E-state index contributed by atoms with van der Waals surface area (Å²) in [6, 6.07) is 11.1. The second-order valence-corrected chi connectivity index (χ2v) is 5.79. The van der Waals surface area contributed by atoms with Gasteiger partial charge in [-0.05, 0) is 49.2 Å². The third kappa shape index (κ3) is 3.72. The average Bonchev–Trinajstić information content (AvgIpc) is 3.10. The fraction of sp³-hybridized carbons (Fsp3) is 0.300. The van der Waals surface area contributed by atoms with E-state index in [1.165, 1.54) is 0 Å². The fourth-order valence-electron chi connectivity index (χ4n) is 2.71. The zero-order valence-corrected chi connectivity index (χ0v) is 14.6. The van der Waals surface area contributed by atoms with Crippen LogP contribution in [0.5, 0.6) is 23.0 Å². The lowest BCUT2D eigenvalue weighted by atomic mass is 10.0. The molecule has 3 rings (SSSR count). The van der Waals surface area contributed by atoms with Gasteiger partial charge >= 0.3 is 0 Å². The summed E-state index contributed by atoms with van der Waals surface area (Å²) in [6.45, 7) is 3.98. The summed E-state index contributed by atoms with van der Waals surface area (Å²) in [7, 11) is 1.60. The first-order valence-electron chi connectivity index (χ1n) is 8.17. The highest BCUT2D eigenvalue weighted by Gasteiger charge is 2.22. The molecule has 2 aromatic carbocycles. The number of fused-ring (bicyclic) bond motifs is 1. The van der Waals surface area contributed by atoms with Gasteiger partial charge in [0.15, 0.2) is 23.0 Å². The third-order valence-corrected chi connectivity index (χ3v) is 4.04. The number of ether oxygens (including phenoxy) is 4. The molecular formula is C20H22O5. The lowest BCUT2D eigenvalue weighted by Gasteiger charge is -2.22. The molecule has 132 valence electrons. The third-order valence-electron chi connectivity index (χ3n) is 4.04. The van der Waals surface area contributed by atoms with Crippen LogP contribution in [0.25, 0.3) is 6.08 Å². The summed E-state index contributed by atoms with van der Waals surface area (Å²) in [5.74, 6) is 2.53. The van der Waals surface area contributed by atoms with Gasteiger partial charge < -0.3 is 24.1 Å². The Morgan fingerprint density at radius 3 is 2.64 bits per heavy atom. The topological polar surface area (TPSA) is 57.2 Å². The largest absolute Gasteiger partial charge is 0.493 e. The van der Waals surface area contributed by atoms with E-state index in [0.29, 0.717) is 28.6 Å². The minimum absolute atomic E-state index is 0.205. The molecule has 2 atom stereocenters. The summed E-state index contributed by atoms with van der Waals surface area (Å²) in [4.78, 5) is 0. The van der Waals surface area contributed by atoms with E-state index in [4.69, 9.17) is 18.9 Å². The van der Waals surface area contributed by atoms with E-state index in [9.17, 15) is 5.11 Å². The zero-order chi connectivity index (χ0) is 17.8. The maximum atomic E-state index is 10.6. The molecule has 5 heteroatoms. The van der Waals surface area contributed by atoms with E-state index in [-0.39, 0.29) is 6.79 Å². The van der Waals surface area contributed by atoms with Gasteiger partial charge in [-0.1, -0.05) is 24.3 Å². The van der Waals surface area contributed by atoms with Gasteiger partial charge in [-0.2, -0.15) is 0 Å². The quantitative estimate of drug-likeness (QED) is 0.861. The highest BCUT2D eigenvalue weighted by molar-refractivity contribution is 5.55. The molecule has 1 heterocycles. The van der Waals surface area contributed by atoms with Crippen LogP contribution >= 0.6 is 0 Å². The van der Waals surface area contributed by atoms with Crippen LogP contribution in [0.2, 0.25) is 0 Å². The number of benzene rings is 2. The number of allylic oxidation sites excluding steroid dienone is 1. The number of aliphatic hydroxyl groups is 1. The first kappa shape index (κ1) is 17.2. The Kier molecular flexibility index (Phi) is 5.14. The van der Waals surface area contributed by atoms with Gasteiger partial charge in [0, 0.05) is 0 Å². The molecule has 5 nitrogen and oxygen atoms in total. The lowest BCUT2D eigenvalue weighted by Crippen LogP contribution is -2.22. The van der Waals surface area contributed by atoms with E-state index in [2.05, 4.69) is 0 Å². The Bertz CT molecular complexity index is 769. The van der Waals surface area contributed by atoms with E-state index in [0.717, 1.165) is 5.56 Å². The van der Waals surface area contributed by atoms with Gasteiger partial charge in [0.1, 0.15) is 12.2 Å². The van der Waals surface area contributed by atoms with E-state index < -0.39 is 12.2 Å². The van der Waals surface area contributed by atoms with Crippen LogP contribution in [-0.2, 0) is 0 Å². The van der Waals surface area contributed by atoms with Crippen LogP contribution in [0.3, 0.4) is 0 Å². The molecule has 0 spiro atoms. The van der Waals surface area contributed by atoms with Crippen LogP contribution < -0.4 is 18.9 Å². The van der Waals surface area contributed by atoms with Gasteiger partial charge in [-0.3, -0.25) is 0 Å². The maximum Gasteiger partial charge on any atom is 0.231 e. The van der Waals surface area contributed by atoms with Crippen LogP contribution in [0.4, 0.5) is 0 Å². The minimum atomic E-state index is -0.811. The summed E-state index contributed by atoms with van der Waals surface area (Å²) in [5, 5.41) is 10.6. The molecule has 1 aliphatic heterocycles. The SMILES string of the molecule is C/C=C/c1ccc(O[C@H](C)[C@H](O)c2ccc3c(c2)OCO3)c(OC)c1. The monoisotopic (exact) mass is 342 g/mol. The number of rotatable bonds is 6. The summed E-state index contributed by atoms with van der Waals surface area (Å²) < 4.78 is 22.0. The normalized spacial score (nSPS) is 15.2. The van der Waals surface area contributed by atoms with Gasteiger partial charge in [0.05, 0.1) is 7.11 Å². The smallest absolute Gasteiger partial charge is 0.231 e. The highest BCUT2D eigenvalue weighted by Crippen LogP contribution is 2.36. The Morgan fingerprint density at radius 1 is 1.08 bits per heavy atom. The van der Waals surface area contributed by atoms with Crippen molar-refractivity contribution in [2.75, 3.05) is 13.9 Å². The van der Waals surface area contributed by atoms with Crippen molar-refractivity contribution in [1.29, 1.82) is 0 Å². The van der Waals surface area contributed by atoms with Crippen LogP contribution in [-0.4, -0.2) is 25.1 Å². The second-order valence-electron chi connectivity index (χ2n) is 5.79.